The molecule has 142 valence electrons. The topological polar surface area (TPSA) is 61.4 Å². The molecule has 3 rings (SSSR count). The molecule has 0 spiro atoms. The number of hydrogen-bond acceptors (Lipinski definition) is 3. The minimum Gasteiger partial charge on any atom is -0.336 e. The second-order valence-electron chi connectivity index (χ2n) is 7.88. The van der Waals surface area contributed by atoms with Crippen LogP contribution in [0.2, 0.25) is 0 Å². The summed E-state index contributed by atoms with van der Waals surface area (Å²) in [4.78, 5) is 25.2. The van der Waals surface area contributed by atoms with Gasteiger partial charge in [0, 0.05) is 19.1 Å². The van der Waals surface area contributed by atoms with Crippen molar-refractivity contribution >= 4 is 11.9 Å². The SMILES string of the molecule is CC(C)[C@@H](NCC(=O)N1CCNC1=O)c1ccc(C2CCCCC2)cc1. The first kappa shape index (κ1) is 18.9. The van der Waals surface area contributed by atoms with Gasteiger partial charge in [0.25, 0.3) is 0 Å². The van der Waals surface area contributed by atoms with Crippen molar-refractivity contribution in [2.75, 3.05) is 19.6 Å². The van der Waals surface area contributed by atoms with Gasteiger partial charge in [-0.2, -0.15) is 0 Å². The largest absolute Gasteiger partial charge is 0.336 e. The Hall–Kier alpha value is -1.88. The van der Waals surface area contributed by atoms with Gasteiger partial charge in [-0.25, -0.2) is 4.79 Å². The molecule has 0 aromatic heterocycles. The first-order valence-corrected chi connectivity index (χ1v) is 9.97. The number of nitrogens with one attached hydrogen (secondary N) is 2. The van der Waals surface area contributed by atoms with Gasteiger partial charge in [0.05, 0.1) is 6.54 Å². The van der Waals surface area contributed by atoms with Gasteiger partial charge in [-0.1, -0.05) is 57.4 Å². The zero-order chi connectivity index (χ0) is 18.5. The standard InChI is InChI=1S/C21H31N3O2/c1-15(2)20(23-14-19(25)24-13-12-22-21(24)26)18-10-8-17(9-11-18)16-6-4-3-5-7-16/h8-11,15-16,20,23H,3-7,12-14H2,1-2H3,(H,22,26)/t20-/m1/s1. The molecule has 1 saturated heterocycles. The highest BCUT2D eigenvalue weighted by Crippen LogP contribution is 2.33. The van der Waals surface area contributed by atoms with Crippen LogP contribution in [0.3, 0.4) is 0 Å². The van der Waals surface area contributed by atoms with E-state index in [9.17, 15) is 9.59 Å². The molecule has 26 heavy (non-hydrogen) atoms. The van der Waals surface area contributed by atoms with Gasteiger partial charge in [-0.05, 0) is 35.8 Å². The molecule has 1 atom stereocenters. The molecule has 0 bridgehead atoms. The van der Waals surface area contributed by atoms with Crippen molar-refractivity contribution in [3.8, 4) is 0 Å². The molecule has 1 aliphatic carbocycles. The molecular weight excluding hydrogens is 326 g/mol. The number of rotatable bonds is 6. The average molecular weight is 357 g/mol. The van der Waals surface area contributed by atoms with Crippen molar-refractivity contribution < 1.29 is 9.59 Å². The fourth-order valence-electron chi connectivity index (χ4n) is 4.15. The van der Waals surface area contributed by atoms with Crippen molar-refractivity contribution in [3.05, 3.63) is 35.4 Å². The zero-order valence-electron chi connectivity index (χ0n) is 16.0. The van der Waals surface area contributed by atoms with Gasteiger partial charge in [-0.15, -0.1) is 0 Å². The number of urea groups is 1. The number of hydrogen-bond donors (Lipinski definition) is 2. The lowest BCUT2D eigenvalue weighted by Crippen LogP contribution is -2.41. The van der Waals surface area contributed by atoms with Gasteiger partial charge in [0.15, 0.2) is 0 Å². The van der Waals surface area contributed by atoms with E-state index in [0.717, 1.165) is 0 Å². The van der Waals surface area contributed by atoms with Gasteiger partial charge >= 0.3 is 6.03 Å². The molecule has 5 nitrogen and oxygen atoms in total. The van der Waals surface area contributed by atoms with Crippen LogP contribution in [0.4, 0.5) is 4.79 Å². The van der Waals surface area contributed by atoms with E-state index < -0.39 is 0 Å². The Bertz CT molecular complexity index is 621. The highest BCUT2D eigenvalue weighted by atomic mass is 16.2. The highest BCUT2D eigenvalue weighted by Gasteiger charge is 2.27. The Morgan fingerprint density at radius 2 is 1.88 bits per heavy atom. The molecule has 1 heterocycles. The van der Waals surface area contributed by atoms with E-state index in [1.807, 2.05) is 0 Å². The maximum Gasteiger partial charge on any atom is 0.324 e. The molecule has 0 unspecified atom stereocenters. The Balaban J connectivity index is 1.61. The third-order valence-corrected chi connectivity index (χ3v) is 5.67. The van der Waals surface area contributed by atoms with Crippen LogP contribution in [-0.4, -0.2) is 36.5 Å². The number of carbonyl (C=O) groups excluding carboxylic acids is 2. The quantitative estimate of drug-likeness (QED) is 0.818. The van der Waals surface area contributed by atoms with Crippen LogP contribution in [0.25, 0.3) is 0 Å². The molecule has 3 amide bonds. The van der Waals surface area contributed by atoms with Gasteiger partial charge < -0.3 is 10.6 Å². The third-order valence-electron chi connectivity index (χ3n) is 5.67. The molecule has 2 N–H and O–H groups in total. The van der Waals surface area contributed by atoms with E-state index >= 15 is 0 Å². The summed E-state index contributed by atoms with van der Waals surface area (Å²) in [6.07, 6.45) is 6.66. The first-order valence-electron chi connectivity index (χ1n) is 9.97. The molecule has 1 saturated carbocycles. The van der Waals surface area contributed by atoms with Gasteiger partial charge in [-0.3, -0.25) is 9.69 Å². The van der Waals surface area contributed by atoms with Gasteiger partial charge in [0.1, 0.15) is 0 Å². The second-order valence-corrected chi connectivity index (χ2v) is 7.88. The maximum absolute atomic E-state index is 12.3. The van der Waals surface area contributed by atoms with E-state index in [2.05, 4.69) is 48.7 Å². The van der Waals surface area contributed by atoms with Crippen LogP contribution in [0.15, 0.2) is 24.3 Å². The maximum atomic E-state index is 12.3. The lowest BCUT2D eigenvalue weighted by molar-refractivity contribution is -0.126. The van der Waals surface area contributed by atoms with Crippen LogP contribution in [0, 0.1) is 5.92 Å². The Morgan fingerprint density at radius 1 is 1.19 bits per heavy atom. The summed E-state index contributed by atoms with van der Waals surface area (Å²) in [5, 5.41) is 6.03. The summed E-state index contributed by atoms with van der Waals surface area (Å²) in [7, 11) is 0. The van der Waals surface area contributed by atoms with Gasteiger partial charge in [0.2, 0.25) is 5.91 Å². The third kappa shape index (κ3) is 4.44. The Labute approximate surface area is 156 Å². The number of imide groups is 1. The van der Waals surface area contributed by atoms with Crippen LogP contribution in [-0.2, 0) is 4.79 Å². The zero-order valence-corrected chi connectivity index (χ0v) is 16.0. The van der Waals surface area contributed by atoms with E-state index in [4.69, 9.17) is 0 Å². The highest BCUT2D eigenvalue weighted by molar-refractivity contribution is 5.96. The summed E-state index contributed by atoms with van der Waals surface area (Å²) >= 11 is 0. The molecule has 0 radical (unpaired) electrons. The van der Waals surface area contributed by atoms with Crippen LogP contribution in [0.1, 0.15) is 69.0 Å². The monoisotopic (exact) mass is 357 g/mol. The first-order chi connectivity index (χ1) is 12.6. The summed E-state index contributed by atoms with van der Waals surface area (Å²) < 4.78 is 0. The van der Waals surface area contributed by atoms with Crippen LogP contribution >= 0.6 is 0 Å². The number of nitrogens with zero attached hydrogens (tertiary/aromatic N) is 1. The summed E-state index contributed by atoms with van der Waals surface area (Å²) in [6.45, 7) is 5.49. The molecule has 1 aromatic carbocycles. The minimum absolute atomic E-state index is 0.102. The van der Waals surface area contributed by atoms with Crippen molar-refractivity contribution in [2.45, 2.75) is 57.9 Å². The summed E-state index contributed by atoms with van der Waals surface area (Å²) in [6, 6.07) is 8.75. The summed E-state index contributed by atoms with van der Waals surface area (Å²) in [5.41, 5.74) is 2.65. The number of benzene rings is 1. The van der Waals surface area contributed by atoms with Crippen molar-refractivity contribution in [1.29, 1.82) is 0 Å². The molecule has 2 fully saturated rings. The van der Waals surface area contributed by atoms with Crippen molar-refractivity contribution in [2.24, 2.45) is 5.92 Å². The minimum atomic E-state index is -0.283. The number of carbonyl (C=O) groups is 2. The molecule has 1 aliphatic heterocycles. The Morgan fingerprint density at radius 3 is 2.46 bits per heavy atom. The van der Waals surface area contributed by atoms with E-state index in [1.165, 1.54) is 48.1 Å². The predicted octanol–water partition coefficient (Wildman–Crippen LogP) is 3.57. The fraction of sp³-hybridized carbons (Fsp3) is 0.619. The molecule has 5 heteroatoms. The molecular formula is C21H31N3O2. The molecule has 1 aromatic rings. The lowest BCUT2D eigenvalue weighted by atomic mass is 9.83. The van der Waals surface area contributed by atoms with Crippen LogP contribution < -0.4 is 10.6 Å². The summed E-state index contributed by atoms with van der Waals surface area (Å²) in [5.74, 6) is 0.902. The second kappa shape index (κ2) is 8.67. The normalized spacial score (nSPS) is 19.7. The van der Waals surface area contributed by atoms with E-state index in [1.54, 1.807) is 0 Å². The average Bonchev–Trinajstić information content (AvgIpc) is 3.09. The van der Waals surface area contributed by atoms with E-state index in [-0.39, 0.29) is 24.5 Å². The molecule has 2 aliphatic rings. The lowest BCUT2D eigenvalue weighted by Gasteiger charge is -2.25. The van der Waals surface area contributed by atoms with Crippen molar-refractivity contribution in [3.63, 3.8) is 0 Å². The van der Waals surface area contributed by atoms with Crippen molar-refractivity contribution in [1.82, 2.24) is 15.5 Å². The predicted molar refractivity (Wildman–Crippen MR) is 103 cm³/mol. The Kier molecular flexibility index (Phi) is 6.30. The number of amides is 3. The smallest absolute Gasteiger partial charge is 0.324 e. The van der Waals surface area contributed by atoms with Crippen LogP contribution in [0.5, 0.6) is 0 Å². The fourth-order valence-corrected chi connectivity index (χ4v) is 4.15. The van der Waals surface area contributed by atoms with E-state index in [0.29, 0.717) is 24.9 Å².